The van der Waals surface area contributed by atoms with Gasteiger partial charge in [-0.05, 0) is 24.6 Å². The SMILES string of the molecule is Cc1ccc(C(=C2C=Nc3ccccc32)c2c[nH]c3ccccc23)cc1. The second kappa shape index (κ2) is 5.85. The fourth-order valence-corrected chi connectivity index (χ4v) is 3.67. The van der Waals surface area contributed by atoms with Crippen molar-refractivity contribution in [2.45, 2.75) is 6.92 Å². The molecule has 2 nitrogen and oxygen atoms in total. The van der Waals surface area contributed by atoms with Gasteiger partial charge in [-0.2, -0.15) is 0 Å². The number of aliphatic imine (C=N–C) groups is 1. The van der Waals surface area contributed by atoms with Crippen LogP contribution in [0.1, 0.15) is 22.3 Å². The average Bonchev–Trinajstić information content (AvgIpc) is 3.29. The normalized spacial score (nSPS) is 14.7. The number of rotatable bonds is 2. The second-order valence-electron chi connectivity index (χ2n) is 6.68. The zero-order valence-corrected chi connectivity index (χ0v) is 14.5. The van der Waals surface area contributed by atoms with Crippen molar-refractivity contribution in [3.05, 3.63) is 101 Å². The molecule has 0 spiro atoms. The van der Waals surface area contributed by atoms with E-state index < -0.39 is 0 Å². The summed E-state index contributed by atoms with van der Waals surface area (Å²) in [5.41, 5.74) is 9.44. The fourth-order valence-electron chi connectivity index (χ4n) is 3.67. The topological polar surface area (TPSA) is 28.1 Å². The summed E-state index contributed by atoms with van der Waals surface area (Å²) in [5, 5.41) is 1.23. The van der Waals surface area contributed by atoms with Crippen LogP contribution in [0.5, 0.6) is 0 Å². The molecule has 124 valence electrons. The van der Waals surface area contributed by atoms with Crippen LogP contribution >= 0.6 is 0 Å². The van der Waals surface area contributed by atoms with E-state index in [1.165, 1.54) is 38.8 Å². The number of hydrogen-bond acceptors (Lipinski definition) is 1. The number of nitrogens with one attached hydrogen (secondary N) is 1. The van der Waals surface area contributed by atoms with Crippen LogP contribution in [0.25, 0.3) is 22.0 Å². The zero-order valence-electron chi connectivity index (χ0n) is 14.5. The smallest absolute Gasteiger partial charge is 0.0709 e. The maximum atomic E-state index is 4.64. The van der Waals surface area contributed by atoms with Gasteiger partial charge in [0, 0.05) is 45.6 Å². The van der Waals surface area contributed by atoms with Gasteiger partial charge in [0.1, 0.15) is 0 Å². The maximum absolute atomic E-state index is 4.64. The van der Waals surface area contributed by atoms with Crippen molar-refractivity contribution in [1.82, 2.24) is 4.98 Å². The highest BCUT2D eigenvalue weighted by atomic mass is 14.8. The molecule has 1 N–H and O–H groups in total. The Hall–Kier alpha value is -3.39. The molecule has 0 aliphatic carbocycles. The van der Waals surface area contributed by atoms with E-state index >= 15 is 0 Å². The predicted octanol–water partition coefficient (Wildman–Crippen LogP) is 6.15. The molecule has 1 aliphatic rings. The molecule has 4 aromatic rings. The molecule has 0 amide bonds. The Balaban J connectivity index is 1.85. The van der Waals surface area contributed by atoms with Crippen LogP contribution in [0.4, 0.5) is 5.69 Å². The third-order valence-corrected chi connectivity index (χ3v) is 5.00. The molecule has 1 aromatic heterocycles. The third-order valence-electron chi connectivity index (χ3n) is 5.00. The van der Waals surface area contributed by atoms with Crippen molar-refractivity contribution in [2.24, 2.45) is 4.99 Å². The number of fused-ring (bicyclic) bond motifs is 2. The molecule has 0 fully saturated rings. The van der Waals surface area contributed by atoms with E-state index in [1.807, 2.05) is 12.3 Å². The molecule has 0 atom stereocenters. The number of para-hydroxylation sites is 2. The first-order valence-electron chi connectivity index (χ1n) is 8.82. The molecule has 2 heterocycles. The standard InChI is InChI=1S/C24H18N2/c1-16-10-12-17(13-11-16)24(20-14-25-22-8-4-2-6-18(20)22)21-15-26-23-9-5-3-7-19(21)23/h2-15,25H,1H3. The number of benzene rings is 3. The van der Waals surface area contributed by atoms with Crippen molar-refractivity contribution in [3.63, 3.8) is 0 Å². The molecule has 5 rings (SSSR count). The Kier molecular flexibility index (Phi) is 3.36. The number of aromatic nitrogens is 1. The van der Waals surface area contributed by atoms with E-state index in [0.29, 0.717) is 0 Å². The van der Waals surface area contributed by atoms with Gasteiger partial charge in [-0.15, -0.1) is 0 Å². The predicted molar refractivity (Wildman–Crippen MR) is 110 cm³/mol. The van der Waals surface area contributed by atoms with Crippen molar-refractivity contribution >= 4 is 34.0 Å². The molecule has 0 bridgehead atoms. The number of hydrogen-bond donors (Lipinski definition) is 1. The molecule has 26 heavy (non-hydrogen) atoms. The first-order chi connectivity index (χ1) is 12.8. The van der Waals surface area contributed by atoms with Gasteiger partial charge in [0.05, 0.1) is 5.69 Å². The lowest BCUT2D eigenvalue weighted by atomic mass is 9.90. The summed E-state index contributed by atoms with van der Waals surface area (Å²) in [6.45, 7) is 2.12. The first-order valence-corrected chi connectivity index (χ1v) is 8.82. The minimum Gasteiger partial charge on any atom is -0.361 e. The van der Waals surface area contributed by atoms with E-state index in [2.05, 4.69) is 89.8 Å². The largest absolute Gasteiger partial charge is 0.361 e. The lowest BCUT2D eigenvalue weighted by Gasteiger charge is -2.12. The van der Waals surface area contributed by atoms with Crippen molar-refractivity contribution in [2.75, 3.05) is 0 Å². The van der Waals surface area contributed by atoms with Gasteiger partial charge in [0.25, 0.3) is 0 Å². The number of aryl methyl sites for hydroxylation is 1. The lowest BCUT2D eigenvalue weighted by molar-refractivity contribution is 1.44. The Morgan fingerprint density at radius 2 is 1.62 bits per heavy atom. The summed E-state index contributed by atoms with van der Waals surface area (Å²) in [4.78, 5) is 8.06. The zero-order chi connectivity index (χ0) is 17.5. The van der Waals surface area contributed by atoms with Gasteiger partial charge in [-0.25, -0.2) is 0 Å². The van der Waals surface area contributed by atoms with Gasteiger partial charge in [0.2, 0.25) is 0 Å². The quantitative estimate of drug-likeness (QED) is 0.455. The van der Waals surface area contributed by atoms with Gasteiger partial charge in [0.15, 0.2) is 0 Å². The Labute approximate surface area is 152 Å². The van der Waals surface area contributed by atoms with Crippen molar-refractivity contribution in [1.29, 1.82) is 0 Å². The Bertz CT molecular complexity index is 1170. The van der Waals surface area contributed by atoms with E-state index in [9.17, 15) is 0 Å². The van der Waals surface area contributed by atoms with E-state index in [-0.39, 0.29) is 0 Å². The van der Waals surface area contributed by atoms with E-state index in [4.69, 9.17) is 0 Å². The van der Waals surface area contributed by atoms with Gasteiger partial charge in [-0.3, -0.25) is 4.99 Å². The van der Waals surface area contributed by atoms with Crippen molar-refractivity contribution in [3.8, 4) is 0 Å². The molecule has 2 heteroatoms. The summed E-state index contributed by atoms with van der Waals surface area (Å²) in [6, 6.07) is 25.5. The molecule has 0 unspecified atom stereocenters. The van der Waals surface area contributed by atoms with Crippen LogP contribution in [0, 0.1) is 6.92 Å². The first kappa shape index (κ1) is 14.9. The van der Waals surface area contributed by atoms with Crippen LogP contribution in [0.2, 0.25) is 0 Å². The van der Waals surface area contributed by atoms with Crippen LogP contribution in [0.15, 0.2) is 84.0 Å². The average molecular weight is 334 g/mol. The molecule has 3 aromatic carbocycles. The van der Waals surface area contributed by atoms with Crippen LogP contribution in [-0.4, -0.2) is 11.2 Å². The number of nitrogens with zero attached hydrogens (tertiary/aromatic N) is 1. The summed E-state index contributed by atoms with van der Waals surface area (Å²) < 4.78 is 0. The fraction of sp³-hybridized carbons (Fsp3) is 0.0417. The number of aromatic amines is 1. The highest BCUT2D eigenvalue weighted by Crippen LogP contribution is 2.40. The molecule has 0 radical (unpaired) electrons. The van der Waals surface area contributed by atoms with E-state index in [0.717, 1.165) is 11.2 Å². The van der Waals surface area contributed by atoms with Crippen molar-refractivity contribution < 1.29 is 0 Å². The molecular weight excluding hydrogens is 316 g/mol. The summed E-state index contributed by atoms with van der Waals surface area (Å²) in [7, 11) is 0. The Morgan fingerprint density at radius 1 is 0.846 bits per heavy atom. The minimum atomic E-state index is 1.03. The van der Waals surface area contributed by atoms with Crippen LogP contribution in [-0.2, 0) is 0 Å². The maximum Gasteiger partial charge on any atom is 0.0709 e. The summed E-state index contributed by atoms with van der Waals surface area (Å²) in [6.07, 6.45) is 4.11. The summed E-state index contributed by atoms with van der Waals surface area (Å²) in [5.74, 6) is 0. The Morgan fingerprint density at radius 3 is 2.50 bits per heavy atom. The number of H-pyrrole nitrogens is 1. The van der Waals surface area contributed by atoms with E-state index in [1.54, 1.807) is 0 Å². The summed E-state index contributed by atoms with van der Waals surface area (Å²) >= 11 is 0. The van der Waals surface area contributed by atoms with Gasteiger partial charge < -0.3 is 4.98 Å². The molecule has 0 saturated carbocycles. The van der Waals surface area contributed by atoms with Crippen LogP contribution < -0.4 is 0 Å². The second-order valence-corrected chi connectivity index (χ2v) is 6.68. The lowest BCUT2D eigenvalue weighted by Crippen LogP contribution is -1.94. The molecular formula is C24H18N2. The van der Waals surface area contributed by atoms with Gasteiger partial charge >= 0.3 is 0 Å². The monoisotopic (exact) mass is 334 g/mol. The van der Waals surface area contributed by atoms with Crippen LogP contribution in [0.3, 0.4) is 0 Å². The third kappa shape index (κ3) is 2.31. The highest BCUT2D eigenvalue weighted by molar-refractivity contribution is 6.27. The number of allylic oxidation sites excluding steroid dienone is 1. The minimum absolute atomic E-state index is 1.03. The van der Waals surface area contributed by atoms with Gasteiger partial charge in [-0.1, -0.05) is 66.2 Å². The molecule has 1 aliphatic heterocycles. The molecule has 0 saturated heterocycles. The highest BCUT2D eigenvalue weighted by Gasteiger charge is 2.20.